The largest absolute Gasteiger partial charge is 0.446 e. The Morgan fingerprint density at radius 1 is 1.00 bits per heavy atom. The number of furan rings is 1. The van der Waals surface area contributed by atoms with Gasteiger partial charge >= 0.3 is 0 Å². The Kier molecular flexibility index (Phi) is 2.95. The van der Waals surface area contributed by atoms with Crippen molar-refractivity contribution in [1.82, 2.24) is 0 Å². The van der Waals surface area contributed by atoms with Crippen LogP contribution in [0, 0.1) is 5.82 Å². The number of rotatable bonds is 2. The maximum Gasteiger partial charge on any atom is 0.228 e. The van der Waals surface area contributed by atoms with E-state index in [1.807, 2.05) is 0 Å². The maximum absolute atomic E-state index is 13.7. The lowest BCUT2D eigenvalue weighted by molar-refractivity contribution is 0.101. The van der Waals surface area contributed by atoms with Crippen LogP contribution in [0.3, 0.4) is 0 Å². The van der Waals surface area contributed by atoms with E-state index in [2.05, 4.69) is 15.9 Å². The number of carbonyl (C=O) groups excluding carboxylic acids is 1. The van der Waals surface area contributed by atoms with Gasteiger partial charge in [0.1, 0.15) is 5.82 Å². The molecule has 0 saturated carbocycles. The highest BCUT2D eigenvalue weighted by atomic mass is 79.9. The second kappa shape index (κ2) is 4.63. The Morgan fingerprint density at radius 3 is 2.42 bits per heavy atom. The molecule has 0 fully saturated rings. The van der Waals surface area contributed by atoms with E-state index in [9.17, 15) is 9.18 Å². The van der Waals surface area contributed by atoms with Gasteiger partial charge in [0.15, 0.2) is 10.4 Å². The van der Waals surface area contributed by atoms with Crippen molar-refractivity contribution in [2.75, 3.05) is 0 Å². The average Bonchev–Trinajstić information content (AvgIpc) is 2.86. The van der Waals surface area contributed by atoms with Gasteiger partial charge in [-0.2, -0.15) is 0 Å². The lowest BCUT2D eigenvalue weighted by Crippen LogP contribution is -2.01. The van der Waals surface area contributed by atoms with Gasteiger partial charge in [-0.15, -0.1) is 0 Å². The Labute approximate surface area is 117 Å². The maximum atomic E-state index is 13.7. The molecule has 0 amide bonds. The smallest absolute Gasteiger partial charge is 0.228 e. The first kappa shape index (κ1) is 12.1. The van der Waals surface area contributed by atoms with Gasteiger partial charge in [0.25, 0.3) is 0 Å². The van der Waals surface area contributed by atoms with Gasteiger partial charge < -0.3 is 4.42 Å². The molecule has 2 aromatic carbocycles. The van der Waals surface area contributed by atoms with Crippen molar-refractivity contribution < 1.29 is 13.6 Å². The van der Waals surface area contributed by atoms with Crippen molar-refractivity contribution in [3.05, 3.63) is 70.3 Å². The summed E-state index contributed by atoms with van der Waals surface area (Å²) in [4.78, 5) is 12.3. The van der Waals surface area contributed by atoms with Gasteiger partial charge in [0.2, 0.25) is 5.78 Å². The highest BCUT2D eigenvalue weighted by molar-refractivity contribution is 9.10. The van der Waals surface area contributed by atoms with Gasteiger partial charge in [-0.25, -0.2) is 4.39 Å². The highest BCUT2D eigenvalue weighted by Gasteiger charge is 2.17. The van der Waals surface area contributed by atoms with Crippen LogP contribution < -0.4 is 0 Å². The van der Waals surface area contributed by atoms with Crippen molar-refractivity contribution in [2.45, 2.75) is 0 Å². The second-order valence-corrected chi connectivity index (χ2v) is 4.85. The molecule has 1 aromatic heterocycles. The molecule has 4 heteroatoms. The van der Waals surface area contributed by atoms with E-state index >= 15 is 0 Å². The SMILES string of the molecule is O=C(c1ccc(Br)o1)c1ccc(F)c2ccccc12. The van der Waals surface area contributed by atoms with Gasteiger partial charge in [-0.1, -0.05) is 24.3 Å². The van der Waals surface area contributed by atoms with Crippen LogP contribution in [0.15, 0.2) is 57.6 Å². The molecule has 0 saturated heterocycles. The van der Waals surface area contributed by atoms with E-state index in [0.29, 0.717) is 21.0 Å². The van der Waals surface area contributed by atoms with Crippen molar-refractivity contribution >= 4 is 32.5 Å². The van der Waals surface area contributed by atoms with Gasteiger partial charge in [0.05, 0.1) is 0 Å². The van der Waals surface area contributed by atoms with Crippen LogP contribution >= 0.6 is 15.9 Å². The first-order valence-electron chi connectivity index (χ1n) is 5.64. The minimum absolute atomic E-state index is 0.226. The summed E-state index contributed by atoms with van der Waals surface area (Å²) in [6.45, 7) is 0. The van der Waals surface area contributed by atoms with Crippen LogP contribution in [0.2, 0.25) is 0 Å². The minimum atomic E-state index is -0.340. The molecule has 0 aliphatic carbocycles. The zero-order valence-corrected chi connectivity index (χ0v) is 11.3. The standard InChI is InChI=1S/C15H8BrFO2/c16-14-8-7-13(19-14)15(18)11-5-6-12(17)10-4-2-1-3-9(10)11/h1-8H. The molecule has 3 rings (SSSR count). The van der Waals surface area contributed by atoms with Crippen LogP contribution in [-0.2, 0) is 0 Å². The molecule has 19 heavy (non-hydrogen) atoms. The van der Waals surface area contributed by atoms with E-state index in [4.69, 9.17) is 4.42 Å². The Morgan fingerprint density at radius 2 is 1.74 bits per heavy atom. The van der Waals surface area contributed by atoms with Crippen LogP contribution in [-0.4, -0.2) is 5.78 Å². The molecule has 0 aliphatic heterocycles. The quantitative estimate of drug-likeness (QED) is 0.648. The summed E-state index contributed by atoms with van der Waals surface area (Å²) in [5.41, 5.74) is 0.429. The molecule has 0 bridgehead atoms. The van der Waals surface area contributed by atoms with Crippen molar-refractivity contribution in [1.29, 1.82) is 0 Å². The van der Waals surface area contributed by atoms with Crippen LogP contribution in [0.4, 0.5) is 4.39 Å². The zero-order valence-electron chi connectivity index (χ0n) is 9.69. The lowest BCUT2D eigenvalue weighted by Gasteiger charge is -2.05. The minimum Gasteiger partial charge on any atom is -0.446 e. The number of carbonyl (C=O) groups is 1. The summed E-state index contributed by atoms with van der Waals surface area (Å²) in [6.07, 6.45) is 0. The molecule has 94 valence electrons. The molecule has 1 heterocycles. The Bertz CT molecular complexity index is 777. The highest BCUT2D eigenvalue weighted by Crippen LogP contribution is 2.25. The molecular formula is C15H8BrFO2. The van der Waals surface area contributed by atoms with Crippen molar-refractivity contribution in [2.24, 2.45) is 0 Å². The zero-order chi connectivity index (χ0) is 13.4. The topological polar surface area (TPSA) is 30.2 Å². The molecule has 0 aliphatic rings. The van der Waals surface area contributed by atoms with E-state index in [0.717, 1.165) is 0 Å². The van der Waals surface area contributed by atoms with E-state index in [-0.39, 0.29) is 17.4 Å². The van der Waals surface area contributed by atoms with Gasteiger partial charge in [0, 0.05) is 10.9 Å². The average molecular weight is 319 g/mol. The third kappa shape index (κ3) is 2.08. The number of hydrogen-bond acceptors (Lipinski definition) is 2. The third-order valence-electron chi connectivity index (χ3n) is 2.91. The summed E-state index contributed by atoms with van der Waals surface area (Å²) in [6, 6.07) is 12.9. The fraction of sp³-hybridized carbons (Fsp3) is 0. The molecule has 0 spiro atoms. The normalized spacial score (nSPS) is 10.8. The number of benzene rings is 2. The number of hydrogen-bond donors (Lipinski definition) is 0. The Hall–Kier alpha value is -1.94. The molecule has 3 aromatic rings. The number of halogens is 2. The second-order valence-electron chi connectivity index (χ2n) is 4.07. The lowest BCUT2D eigenvalue weighted by atomic mass is 10.00. The Balaban J connectivity index is 2.21. The summed E-state index contributed by atoms with van der Waals surface area (Å²) in [5.74, 6) is -0.377. The molecule has 0 N–H and O–H groups in total. The molecule has 2 nitrogen and oxygen atoms in total. The van der Waals surface area contributed by atoms with Gasteiger partial charge in [-0.3, -0.25) is 4.79 Å². The molecule has 0 atom stereocenters. The molecule has 0 unspecified atom stereocenters. The summed E-state index contributed by atoms with van der Waals surface area (Å²) in [5, 5.41) is 1.01. The first-order valence-corrected chi connectivity index (χ1v) is 6.43. The van der Waals surface area contributed by atoms with Crippen LogP contribution in [0.5, 0.6) is 0 Å². The predicted octanol–water partition coefficient (Wildman–Crippen LogP) is 4.57. The van der Waals surface area contributed by atoms with Crippen molar-refractivity contribution in [3.63, 3.8) is 0 Å². The van der Waals surface area contributed by atoms with Crippen molar-refractivity contribution in [3.8, 4) is 0 Å². The first-order chi connectivity index (χ1) is 9.16. The van der Waals surface area contributed by atoms with Gasteiger partial charge in [-0.05, 0) is 45.6 Å². The fourth-order valence-electron chi connectivity index (χ4n) is 2.03. The van der Waals surface area contributed by atoms with E-state index in [1.165, 1.54) is 12.1 Å². The molecule has 0 radical (unpaired) electrons. The summed E-state index contributed by atoms with van der Waals surface area (Å²) < 4.78 is 19.4. The fourth-order valence-corrected chi connectivity index (χ4v) is 2.34. The summed E-state index contributed by atoms with van der Waals surface area (Å²) in [7, 11) is 0. The molecular weight excluding hydrogens is 311 g/mol. The number of ketones is 1. The van der Waals surface area contributed by atoms with Crippen LogP contribution in [0.1, 0.15) is 16.1 Å². The van der Waals surface area contributed by atoms with E-state index in [1.54, 1.807) is 36.4 Å². The number of fused-ring (bicyclic) bond motifs is 1. The van der Waals surface area contributed by atoms with E-state index < -0.39 is 0 Å². The van der Waals surface area contributed by atoms with Crippen LogP contribution in [0.25, 0.3) is 10.8 Å². The summed E-state index contributed by atoms with van der Waals surface area (Å²) >= 11 is 3.16. The predicted molar refractivity (Wildman–Crippen MR) is 73.7 cm³/mol. The monoisotopic (exact) mass is 318 g/mol. The third-order valence-corrected chi connectivity index (χ3v) is 3.34.